The number of ether oxygens (including phenoxy) is 2. The number of benzene rings is 2. The first kappa shape index (κ1) is 19.2. The molecule has 0 amide bonds. The van der Waals surface area contributed by atoms with Crippen LogP contribution in [0.2, 0.25) is 0 Å². The monoisotopic (exact) mass is 417 g/mol. The lowest BCUT2D eigenvalue weighted by atomic mass is 10.1. The average molecular weight is 418 g/mol. The van der Waals surface area contributed by atoms with E-state index in [2.05, 4.69) is 46.4 Å². The Balaban J connectivity index is 1.72. The Morgan fingerprint density at radius 3 is 2.50 bits per heavy atom. The molecule has 0 bridgehead atoms. The second kappa shape index (κ2) is 9.43. The highest BCUT2D eigenvalue weighted by molar-refractivity contribution is 9.10. The first-order valence-electron chi connectivity index (χ1n) is 9.53. The zero-order valence-electron chi connectivity index (χ0n) is 15.7. The molecule has 2 aromatic carbocycles. The molecule has 1 aliphatic carbocycles. The summed E-state index contributed by atoms with van der Waals surface area (Å²) < 4.78 is 13.0. The molecule has 0 atom stereocenters. The summed E-state index contributed by atoms with van der Waals surface area (Å²) in [5.41, 5.74) is 3.64. The molecule has 3 rings (SSSR count). The van der Waals surface area contributed by atoms with Crippen molar-refractivity contribution >= 4 is 15.9 Å². The standard InChI is InChI=1S/C22H28BrNO2/c1-3-25-21-12-18(14-24-19-10-6-7-11-19)20(23)13-22(21)26-15-17-9-5-4-8-16(17)2/h4-5,8-9,12-13,19,24H,3,6-7,10-11,14-15H2,1-2H3. The first-order chi connectivity index (χ1) is 12.7. The Hall–Kier alpha value is -1.52. The lowest BCUT2D eigenvalue weighted by molar-refractivity contribution is 0.268. The minimum Gasteiger partial charge on any atom is -0.490 e. The molecule has 0 saturated heterocycles. The van der Waals surface area contributed by atoms with Gasteiger partial charge >= 0.3 is 0 Å². The minimum absolute atomic E-state index is 0.541. The van der Waals surface area contributed by atoms with Crippen molar-refractivity contribution in [3.8, 4) is 11.5 Å². The second-order valence-electron chi connectivity index (χ2n) is 6.90. The first-order valence-corrected chi connectivity index (χ1v) is 10.3. The van der Waals surface area contributed by atoms with Crippen LogP contribution < -0.4 is 14.8 Å². The number of rotatable bonds is 8. The van der Waals surface area contributed by atoms with Gasteiger partial charge in [0.25, 0.3) is 0 Å². The van der Waals surface area contributed by atoms with Gasteiger partial charge in [-0.25, -0.2) is 0 Å². The van der Waals surface area contributed by atoms with Crippen LogP contribution in [0, 0.1) is 6.92 Å². The highest BCUT2D eigenvalue weighted by atomic mass is 79.9. The number of aryl methyl sites for hydroxylation is 1. The summed E-state index contributed by atoms with van der Waals surface area (Å²) in [6.45, 7) is 6.12. The molecular weight excluding hydrogens is 390 g/mol. The van der Waals surface area contributed by atoms with Crippen molar-refractivity contribution in [3.05, 3.63) is 57.6 Å². The highest BCUT2D eigenvalue weighted by Gasteiger charge is 2.16. The number of hydrogen-bond donors (Lipinski definition) is 1. The molecule has 4 heteroatoms. The molecule has 2 aromatic rings. The summed E-state index contributed by atoms with van der Waals surface area (Å²) in [7, 11) is 0. The van der Waals surface area contributed by atoms with Gasteiger partial charge < -0.3 is 14.8 Å². The highest BCUT2D eigenvalue weighted by Crippen LogP contribution is 2.35. The van der Waals surface area contributed by atoms with Gasteiger partial charge in [-0.1, -0.05) is 53.0 Å². The summed E-state index contributed by atoms with van der Waals surface area (Å²) >= 11 is 3.71. The van der Waals surface area contributed by atoms with Crippen molar-refractivity contribution in [3.63, 3.8) is 0 Å². The van der Waals surface area contributed by atoms with E-state index in [0.717, 1.165) is 22.5 Å². The van der Waals surface area contributed by atoms with Gasteiger partial charge in [0.15, 0.2) is 11.5 Å². The predicted molar refractivity (Wildman–Crippen MR) is 110 cm³/mol. The van der Waals surface area contributed by atoms with Crippen molar-refractivity contribution < 1.29 is 9.47 Å². The lowest BCUT2D eigenvalue weighted by Crippen LogP contribution is -2.25. The van der Waals surface area contributed by atoms with Crippen LogP contribution >= 0.6 is 15.9 Å². The summed E-state index contributed by atoms with van der Waals surface area (Å²) in [6, 6.07) is 13.1. The molecule has 0 aromatic heterocycles. The summed E-state index contributed by atoms with van der Waals surface area (Å²) in [6.07, 6.45) is 5.25. The Kier molecular flexibility index (Phi) is 6.98. The molecule has 1 fully saturated rings. The Morgan fingerprint density at radius 2 is 1.77 bits per heavy atom. The second-order valence-corrected chi connectivity index (χ2v) is 7.76. The molecule has 140 valence electrons. The van der Waals surface area contributed by atoms with Gasteiger partial charge in [-0.15, -0.1) is 0 Å². The van der Waals surface area contributed by atoms with Gasteiger partial charge in [0.05, 0.1) is 6.61 Å². The molecular formula is C22H28BrNO2. The van der Waals surface area contributed by atoms with Crippen molar-refractivity contribution in [2.45, 2.75) is 58.7 Å². The van der Waals surface area contributed by atoms with E-state index in [-0.39, 0.29) is 0 Å². The van der Waals surface area contributed by atoms with Crippen molar-refractivity contribution in [2.75, 3.05) is 6.61 Å². The molecule has 0 unspecified atom stereocenters. The summed E-state index contributed by atoms with van der Waals surface area (Å²) in [4.78, 5) is 0. The van der Waals surface area contributed by atoms with Gasteiger partial charge in [-0.05, 0) is 55.5 Å². The molecule has 0 spiro atoms. The SMILES string of the molecule is CCOc1cc(CNC2CCCC2)c(Br)cc1OCc1ccccc1C. The average Bonchev–Trinajstić information content (AvgIpc) is 3.15. The maximum Gasteiger partial charge on any atom is 0.162 e. The normalized spacial score (nSPS) is 14.6. The van der Waals surface area contributed by atoms with Crippen molar-refractivity contribution in [2.24, 2.45) is 0 Å². The van der Waals surface area contributed by atoms with Crippen LogP contribution in [0.3, 0.4) is 0 Å². The Morgan fingerprint density at radius 1 is 1.04 bits per heavy atom. The summed E-state index contributed by atoms with van der Waals surface area (Å²) in [5, 5.41) is 3.67. The molecule has 0 aliphatic heterocycles. The molecule has 1 saturated carbocycles. The zero-order chi connectivity index (χ0) is 18.4. The summed E-state index contributed by atoms with van der Waals surface area (Å²) in [5.74, 6) is 1.60. The number of hydrogen-bond acceptors (Lipinski definition) is 3. The Labute approximate surface area is 165 Å². The predicted octanol–water partition coefficient (Wildman–Crippen LogP) is 5.77. The van der Waals surface area contributed by atoms with Crippen LogP contribution in [-0.4, -0.2) is 12.6 Å². The minimum atomic E-state index is 0.541. The van der Waals surface area contributed by atoms with Crippen LogP contribution in [0.15, 0.2) is 40.9 Å². The third kappa shape index (κ3) is 5.01. The van der Waals surface area contributed by atoms with Gasteiger partial charge in [-0.3, -0.25) is 0 Å². The fourth-order valence-electron chi connectivity index (χ4n) is 3.41. The maximum atomic E-state index is 6.09. The van der Waals surface area contributed by atoms with E-state index in [0.29, 0.717) is 19.3 Å². The number of halogens is 1. The number of nitrogens with one attached hydrogen (secondary N) is 1. The third-order valence-electron chi connectivity index (χ3n) is 4.99. The maximum absolute atomic E-state index is 6.09. The van der Waals surface area contributed by atoms with Gasteiger partial charge in [-0.2, -0.15) is 0 Å². The van der Waals surface area contributed by atoms with Crippen LogP contribution in [0.5, 0.6) is 11.5 Å². The molecule has 1 aliphatic rings. The van der Waals surface area contributed by atoms with E-state index in [4.69, 9.17) is 9.47 Å². The van der Waals surface area contributed by atoms with Crippen LogP contribution in [0.25, 0.3) is 0 Å². The molecule has 26 heavy (non-hydrogen) atoms. The van der Waals surface area contributed by atoms with Crippen LogP contribution in [0.1, 0.15) is 49.3 Å². The molecule has 1 N–H and O–H groups in total. The van der Waals surface area contributed by atoms with E-state index < -0.39 is 0 Å². The quantitative estimate of drug-likeness (QED) is 0.591. The van der Waals surface area contributed by atoms with Crippen molar-refractivity contribution in [1.29, 1.82) is 0 Å². The van der Waals surface area contributed by atoms with E-state index in [9.17, 15) is 0 Å². The van der Waals surface area contributed by atoms with Gasteiger partial charge in [0.1, 0.15) is 6.61 Å². The third-order valence-corrected chi connectivity index (χ3v) is 5.73. The van der Waals surface area contributed by atoms with E-state index >= 15 is 0 Å². The topological polar surface area (TPSA) is 30.5 Å². The molecule has 3 nitrogen and oxygen atoms in total. The van der Waals surface area contributed by atoms with Gasteiger partial charge in [0.2, 0.25) is 0 Å². The molecule has 0 heterocycles. The van der Waals surface area contributed by atoms with E-state index in [1.807, 2.05) is 25.1 Å². The zero-order valence-corrected chi connectivity index (χ0v) is 17.3. The van der Waals surface area contributed by atoms with Crippen LogP contribution in [-0.2, 0) is 13.2 Å². The van der Waals surface area contributed by atoms with Crippen molar-refractivity contribution in [1.82, 2.24) is 5.32 Å². The van der Waals surface area contributed by atoms with E-state index in [1.54, 1.807) is 0 Å². The largest absolute Gasteiger partial charge is 0.490 e. The lowest BCUT2D eigenvalue weighted by Gasteiger charge is -2.17. The Bertz CT molecular complexity index is 726. The van der Waals surface area contributed by atoms with E-state index in [1.165, 1.54) is 42.4 Å². The fourth-order valence-corrected chi connectivity index (χ4v) is 3.87. The fraction of sp³-hybridized carbons (Fsp3) is 0.455. The van der Waals surface area contributed by atoms with Crippen LogP contribution in [0.4, 0.5) is 0 Å². The molecule has 0 radical (unpaired) electrons. The smallest absolute Gasteiger partial charge is 0.162 e. The van der Waals surface area contributed by atoms with Gasteiger partial charge in [0, 0.05) is 17.1 Å².